The van der Waals surface area contributed by atoms with Crippen molar-refractivity contribution in [2.24, 2.45) is 5.92 Å². The highest BCUT2D eigenvalue weighted by atomic mass is 16.6. The van der Waals surface area contributed by atoms with Gasteiger partial charge in [0.05, 0.1) is 44.2 Å². The average Bonchev–Trinajstić information content (AvgIpc) is 3.36. The predicted molar refractivity (Wildman–Crippen MR) is 86.2 cm³/mol. The van der Waals surface area contributed by atoms with E-state index >= 15 is 0 Å². The lowest BCUT2D eigenvalue weighted by Crippen LogP contribution is -2.36. The second-order valence-electron chi connectivity index (χ2n) is 7.45. The van der Waals surface area contributed by atoms with Gasteiger partial charge in [0.15, 0.2) is 0 Å². The number of rotatable bonds is 8. The van der Waals surface area contributed by atoms with Gasteiger partial charge in [0.25, 0.3) is 0 Å². The molecule has 4 rings (SSSR count). The lowest BCUT2D eigenvalue weighted by molar-refractivity contribution is -0.0157. The van der Waals surface area contributed by atoms with Crippen molar-refractivity contribution in [2.45, 2.75) is 44.2 Å². The molecule has 5 nitrogen and oxygen atoms in total. The van der Waals surface area contributed by atoms with E-state index in [0.717, 1.165) is 39.3 Å². The van der Waals surface area contributed by atoms with Gasteiger partial charge in [0.2, 0.25) is 0 Å². The summed E-state index contributed by atoms with van der Waals surface area (Å²) in [5.41, 5.74) is 1.16. The van der Waals surface area contributed by atoms with Crippen LogP contribution in [0.3, 0.4) is 0 Å². The molecule has 3 aliphatic heterocycles. The van der Waals surface area contributed by atoms with Crippen LogP contribution in [0, 0.1) is 5.92 Å². The van der Waals surface area contributed by atoms with E-state index in [2.05, 4.69) is 37.0 Å². The van der Waals surface area contributed by atoms with E-state index in [9.17, 15) is 0 Å². The van der Waals surface area contributed by atoms with Crippen LogP contribution in [-0.4, -0.2) is 68.3 Å². The van der Waals surface area contributed by atoms with Crippen LogP contribution in [0.5, 0.6) is 0 Å². The lowest BCUT2D eigenvalue weighted by Gasteiger charge is -2.33. The molecule has 0 radical (unpaired) electrons. The zero-order chi connectivity index (χ0) is 15.9. The Balaban J connectivity index is 1.41. The predicted octanol–water partition coefficient (Wildman–Crippen LogP) is 1.74. The summed E-state index contributed by atoms with van der Waals surface area (Å²) in [7, 11) is 0. The number of ether oxygens (including phenoxy) is 4. The minimum Gasteiger partial charge on any atom is -0.371 e. The minimum atomic E-state index is -0.221. The molecule has 0 N–H and O–H groups in total. The molecule has 0 aromatic rings. The normalized spacial score (nSPS) is 41.2. The zero-order valence-electron chi connectivity index (χ0n) is 14.1. The number of hydrogen-bond acceptors (Lipinski definition) is 5. The van der Waals surface area contributed by atoms with Crippen molar-refractivity contribution in [2.75, 3.05) is 39.5 Å². The van der Waals surface area contributed by atoms with Crippen LogP contribution in [0.2, 0.25) is 0 Å². The minimum absolute atomic E-state index is 0.221. The Morgan fingerprint density at radius 1 is 1.13 bits per heavy atom. The summed E-state index contributed by atoms with van der Waals surface area (Å²) in [5.74, 6) is 0.438. The quantitative estimate of drug-likeness (QED) is 0.637. The maximum absolute atomic E-state index is 6.15. The summed E-state index contributed by atoms with van der Waals surface area (Å²) in [6, 6.07) is 0. The summed E-state index contributed by atoms with van der Waals surface area (Å²) >= 11 is 0. The molecular weight excluding hydrogens is 294 g/mol. The van der Waals surface area contributed by atoms with Crippen LogP contribution >= 0.6 is 0 Å². The third-order valence-electron chi connectivity index (χ3n) is 4.95. The molecule has 23 heavy (non-hydrogen) atoms. The summed E-state index contributed by atoms with van der Waals surface area (Å²) < 4.78 is 22.3. The van der Waals surface area contributed by atoms with Crippen molar-refractivity contribution in [1.82, 2.24) is 4.90 Å². The Hall–Kier alpha value is -0.880. The van der Waals surface area contributed by atoms with E-state index in [-0.39, 0.29) is 5.60 Å². The van der Waals surface area contributed by atoms with Gasteiger partial charge in [-0.05, 0) is 25.3 Å². The van der Waals surface area contributed by atoms with E-state index in [1.165, 1.54) is 5.70 Å². The van der Waals surface area contributed by atoms with E-state index in [0.29, 0.717) is 30.8 Å². The van der Waals surface area contributed by atoms with Gasteiger partial charge in [-0.25, -0.2) is 0 Å². The Morgan fingerprint density at radius 2 is 1.74 bits per heavy atom. The van der Waals surface area contributed by atoms with Crippen LogP contribution in [0.4, 0.5) is 0 Å². The Bertz CT molecular complexity index is 479. The first-order chi connectivity index (χ1) is 11.1. The maximum atomic E-state index is 6.15. The number of epoxide rings is 3. The number of hydrogen-bond donors (Lipinski definition) is 0. The van der Waals surface area contributed by atoms with Gasteiger partial charge in [-0.3, -0.25) is 0 Å². The Kier molecular flexibility index (Phi) is 4.22. The Morgan fingerprint density at radius 3 is 2.30 bits per heavy atom. The molecule has 5 atom stereocenters. The fourth-order valence-electron chi connectivity index (χ4n) is 3.39. The van der Waals surface area contributed by atoms with Crippen molar-refractivity contribution in [1.29, 1.82) is 0 Å². The molecule has 0 spiro atoms. The average molecular weight is 321 g/mol. The van der Waals surface area contributed by atoms with Crippen molar-refractivity contribution in [3.63, 3.8) is 0 Å². The van der Waals surface area contributed by atoms with Gasteiger partial charge in [-0.15, -0.1) is 0 Å². The fourth-order valence-corrected chi connectivity index (χ4v) is 3.39. The summed E-state index contributed by atoms with van der Waals surface area (Å²) in [6.07, 6.45) is 8.67. The van der Waals surface area contributed by atoms with Gasteiger partial charge in [0, 0.05) is 18.8 Å². The molecule has 1 aliphatic carbocycles. The summed E-state index contributed by atoms with van der Waals surface area (Å²) in [4.78, 5) is 2.46. The first-order valence-electron chi connectivity index (χ1n) is 8.74. The molecule has 3 saturated heterocycles. The van der Waals surface area contributed by atoms with Crippen LogP contribution in [0.1, 0.15) is 20.3 Å². The molecule has 0 aromatic carbocycles. The molecule has 3 heterocycles. The second kappa shape index (κ2) is 6.20. The standard InChI is InChI=1S/C18H27NO4/c1-13-6-18(2,23-12-16-11-22-16)5-3-4-17(13)19(7-14-9-20-14)8-15-10-21-15/h3-5,13-16H,6-12H2,1-2H3. The van der Waals surface area contributed by atoms with E-state index in [1.54, 1.807) is 0 Å². The smallest absolute Gasteiger partial charge is 0.104 e. The van der Waals surface area contributed by atoms with Gasteiger partial charge in [-0.1, -0.05) is 19.1 Å². The van der Waals surface area contributed by atoms with E-state index < -0.39 is 0 Å². The first-order valence-corrected chi connectivity index (χ1v) is 8.74. The molecule has 0 aromatic heterocycles. The highest BCUT2D eigenvalue weighted by molar-refractivity contribution is 5.22. The van der Waals surface area contributed by atoms with Gasteiger partial charge >= 0.3 is 0 Å². The van der Waals surface area contributed by atoms with Crippen molar-refractivity contribution < 1.29 is 18.9 Å². The summed E-state index contributed by atoms with van der Waals surface area (Å²) in [5, 5.41) is 0. The number of nitrogens with zero attached hydrogens (tertiary/aromatic N) is 1. The maximum Gasteiger partial charge on any atom is 0.104 e. The van der Waals surface area contributed by atoms with Gasteiger partial charge in [0.1, 0.15) is 6.10 Å². The number of allylic oxidation sites excluding steroid dienone is 3. The third kappa shape index (κ3) is 4.35. The molecule has 0 bridgehead atoms. The third-order valence-corrected chi connectivity index (χ3v) is 4.95. The molecule has 4 aliphatic rings. The first kappa shape index (κ1) is 15.6. The van der Waals surface area contributed by atoms with Crippen LogP contribution < -0.4 is 0 Å². The molecule has 0 saturated carbocycles. The van der Waals surface area contributed by atoms with Crippen LogP contribution in [0.15, 0.2) is 23.9 Å². The van der Waals surface area contributed by atoms with Gasteiger partial charge in [-0.2, -0.15) is 0 Å². The van der Waals surface area contributed by atoms with Crippen LogP contribution in [-0.2, 0) is 18.9 Å². The second-order valence-corrected chi connectivity index (χ2v) is 7.45. The summed E-state index contributed by atoms with van der Waals surface area (Å²) in [6.45, 7) is 9.73. The fraction of sp³-hybridized carbons (Fsp3) is 0.778. The lowest BCUT2D eigenvalue weighted by atomic mass is 9.91. The molecule has 3 fully saturated rings. The van der Waals surface area contributed by atoms with E-state index in [1.807, 2.05) is 0 Å². The van der Waals surface area contributed by atoms with E-state index in [4.69, 9.17) is 18.9 Å². The van der Waals surface area contributed by atoms with Crippen LogP contribution in [0.25, 0.3) is 0 Å². The molecule has 128 valence electrons. The topological polar surface area (TPSA) is 50.1 Å². The largest absolute Gasteiger partial charge is 0.371 e. The molecule has 5 unspecified atom stereocenters. The van der Waals surface area contributed by atoms with Crippen molar-refractivity contribution in [3.05, 3.63) is 23.9 Å². The highest BCUT2D eigenvalue weighted by Crippen LogP contribution is 2.33. The SMILES string of the molecule is CC1CC(C)(OCC2CO2)C=CC=C1N(CC1CO1)CC1CO1. The highest BCUT2D eigenvalue weighted by Gasteiger charge is 2.36. The van der Waals surface area contributed by atoms with Crippen molar-refractivity contribution >= 4 is 0 Å². The monoisotopic (exact) mass is 321 g/mol. The molecule has 5 heteroatoms. The molecule has 0 amide bonds. The molecular formula is C18H27NO4. The Labute approximate surface area is 138 Å². The zero-order valence-corrected chi connectivity index (χ0v) is 14.1. The van der Waals surface area contributed by atoms with Gasteiger partial charge < -0.3 is 23.8 Å². The van der Waals surface area contributed by atoms with Crippen molar-refractivity contribution in [3.8, 4) is 0 Å².